The summed E-state index contributed by atoms with van der Waals surface area (Å²) in [6.45, 7) is 0.609. The molecule has 1 saturated heterocycles. The van der Waals surface area contributed by atoms with Crippen LogP contribution in [0.3, 0.4) is 0 Å². The van der Waals surface area contributed by atoms with Crippen molar-refractivity contribution in [1.29, 1.82) is 0 Å². The number of likely N-dealkylation sites (tertiary alicyclic amines) is 1. The van der Waals surface area contributed by atoms with E-state index in [4.69, 9.17) is 4.74 Å². The van der Waals surface area contributed by atoms with Crippen molar-refractivity contribution in [2.24, 2.45) is 0 Å². The molecule has 0 radical (unpaired) electrons. The molecule has 1 unspecified atom stereocenters. The fourth-order valence-electron chi connectivity index (χ4n) is 2.85. The van der Waals surface area contributed by atoms with Crippen molar-refractivity contribution in [1.82, 2.24) is 4.90 Å². The quantitative estimate of drug-likeness (QED) is 0.910. The fourth-order valence-corrected chi connectivity index (χ4v) is 4.56. The van der Waals surface area contributed by atoms with Crippen LogP contribution >= 0.6 is 0 Å². The summed E-state index contributed by atoms with van der Waals surface area (Å²) in [6.07, 6.45) is 0.438. The molecule has 6 nitrogen and oxygen atoms in total. The lowest BCUT2D eigenvalue weighted by Gasteiger charge is -2.17. The van der Waals surface area contributed by atoms with Gasteiger partial charge < -0.3 is 15.0 Å². The Labute approximate surface area is 147 Å². The maximum absolute atomic E-state index is 12.7. The van der Waals surface area contributed by atoms with Gasteiger partial charge in [0.25, 0.3) is 0 Å². The summed E-state index contributed by atoms with van der Waals surface area (Å²) in [5.41, 5.74) is 0.639. The molecule has 7 heteroatoms. The minimum absolute atomic E-state index is 0.194. The smallest absolute Gasteiger partial charge is 0.321 e. The van der Waals surface area contributed by atoms with Gasteiger partial charge >= 0.3 is 6.03 Å². The zero-order valence-electron chi connectivity index (χ0n) is 13.9. The van der Waals surface area contributed by atoms with E-state index in [9.17, 15) is 13.2 Å². The third-order valence-corrected chi connectivity index (χ3v) is 6.48. The Morgan fingerprint density at radius 2 is 1.80 bits per heavy atom. The van der Waals surface area contributed by atoms with Crippen LogP contribution < -0.4 is 10.1 Å². The second-order valence-electron chi connectivity index (χ2n) is 5.87. The molecular weight excluding hydrogens is 340 g/mol. The molecular formula is C18H20N2O4S. The van der Waals surface area contributed by atoms with Gasteiger partial charge in [0, 0.05) is 18.8 Å². The number of sulfone groups is 1. The minimum Gasteiger partial charge on any atom is -0.497 e. The van der Waals surface area contributed by atoms with Gasteiger partial charge in [-0.3, -0.25) is 0 Å². The molecule has 1 N–H and O–H groups in total. The Bertz CT molecular complexity index is 835. The SMILES string of the molecule is COc1ccc(NC(=O)N2CCC(S(=O)(=O)c3ccccc3)C2)cc1. The molecule has 0 saturated carbocycles. The normalized spacial score (nSPS) is 17.3. The number of benzene rings is 2. The summed E-state index contributed by atoms with van der Waals surface area (Å²) in [6, 6.07) is 15.1. The number of amides is 2. The predicted molar refractivity (Wildman–Crippen MR) is 95.6 cm³/mol. The molecule has 0 aliphatic carbocycles. The Kier molecular flexibility index (Phi) is 4.94. The first-order valence-electron chi connectivity index (χ1n) is 7.99. The lowest BCUT2D eigenvalue weighted by Crippen LogP contribution is -2.35. The number of hydrogen-bond donors (Lipinski definition) is 1. The average molecular weight is 360 g/mol. The Morgan fingerprint density at radius 3 is 2.44 bits per heavy atom. The lowest BCUT2D eigenvalue weighted by atomic mass is 10.3. The molecule has 0 spiro atoms. The predicted octanol–water partition coefficient (Wildman–Crippen LogP) is 2.78. The molecule has 3 rings (SSSR count). The van der Waals surface area contributed by atoms with Crippen LogP contribution in [0.15, 0.2) is 59.5 Å². The van der Waals surface area contributed by atoms with E-state index in [-0.39, 0.29) is 12.6 Å². The van der Waals surface area contributed by atoms with E-state index in [0.717, 1.165) is 0 Å². The molecule has 1 fully saturated rings. The van der Waals surface area contributed by atoms with E-state index in [1.807, 2.05) is 0 Å². The van der Waals surface area contributed by atoms with Crippen LogP contribution in [0.4, 0.5) is 10.5 Å². The first kappa shape index (κ1) is 17.3. The van der Waals surface area contributed by atoms with Crippen molar-refractivity contribution in [3.05, 3.63) is 54.6 Å². The van der Waals surface area contributed by atoms with Crippen molar-refractivity contribution in [2.75, 3.05) is 25.5 Å². The van der Waals surface area contributed by atoms with Gasteiger partial charge in [-0.2, -0.15) is 0 Å². The molecule has 2 aromatic carbocycles. The molecule has 132 valence electrons. The summed E-state index contributed by atoms with van der Waals surface area (Å²) < 4.78 is 30.4. The van der Waals surface area contributed by atoms with E-state index < -0.39 is 15.1 Å². The third-order valence-electron chi connectivity index (χ3n) is 4.28. The molecule has 0 aromatic heterocycles. The summed E-state index contributed by atoms with van der Waals surface area (Å²) in [5.74, 6) is 0.702. The number of carbonyl (C=O) groups is 1. The van der Waals surface area contributed by atoms with Gasteiger partial charge in [0.05, 0.1) is 17.3 Å². The van der Waals surface area contributed by atoms with Crippen molar-refractivity contribution in [3.63, 3.8) is 0 Å². The first-order valence-corrected chi connectivity index (χ1v) is 9.54. The summed E-state index contributed by atoms with van der Waals surface area (Å²) in [7, 11) is -1.85. The number of urea groups is 1. The number of anilines is 1. The molecule has 2 aromatic rings. The van der Waals surface area contributed by atoms with Gasteiger partial charge in [0.15, 0.2) is 9.84 Å². The van der Waals surface area contributed by atoms with Gasteiger partial charge in [0.2, 0.25) is 0 Å². The second kappa shape index (κ2) is 7.14. The second-order valence-corrected chi connectivity index (χ2v) is 8.10. The number of hydrogen-bond acceptors (Lipinski definition) is 4. The van der Waals surface area contributed by atoms with E-state index in [1.165, 1.54) is 4.90 Å². The monoisotopic (exact) mass is 360 g/mol. The maximum Gasteiger partial charge on any atom is 0.321 e. The van der Waals surface area contributed by atoms with Crippen molar-refractivity contribution in [2.45, 2.75) is 16.6 Å². The number of ether oxygens (including phenoxy) is 1. The zero-order valence-corrected chi connectivity index (χ0v) is 14.7. The van der Waals surface area contributed by atoms with E-state index in [2.05, 4.69) is 5.32 Å². The van der Waals surface area contributed by atoms with Crippen LogP contribution in [-0.4, -0.2) is 44.8 Å². The summed E-state index contributed by atoms with van der Waals surface area (Å²) in [4.78, 5) is 14.2. The van der Waals surface area contributed by atoms with E-state index in [1.54, 1.807) is 61.7 Å². The van der Waals surface area contributed by atoms with Gasteiger partial charge in [0.1, 0.15) is 5.75 Å². The minimum atomic E-state index is -3.43. The first-order chi connectivity index (χ1) is 12.0. The lowest BCUT2D eigenvalue weighted by molar-refractivity contribution is 0.222. The van der Waals surface area contributed by atoms with Crippen LogP contribution in [0, 0.1) is 0 Å². The molecule has 1 aliphatic heterocycles. The van der Waals surface area contributed by atoms with Crippen LogP contribution in [0.25, 0.3) is 0 Å². The van der Waals surface area contributed by atoms with Gasteiger partial charge in [-0.05, 0) is 42.8 Å². The highest BCUT2D eigenvalue weighted by atomic mass is 32.2. The highest BCUT2D eigenvalue weighted by Crippen LogP contribution is 2.24. The van der Waals surface area contributed by atoms with E-state index in [0.29, 0.717) is 29.3 Å². The Hall–Kier alpha value is -2.54. The zero-order chi connectivity index (χ0) is 17.9. The number of nitrogens with one attached hydrogen (secondary N) is 1. The Balaban J connectivity index is 1.65. The third kappa shape index (κ3) is 3.76. The van der Waals surface area contributed by atoms with E-state index >= 15 is 0 Å². The van der Waals surface area contributed by atoms with Crippen molar-refractivity contribution in [3.8, 4) is 5.75 Å². The topological polar surface area (TPSA) is 75.7 Å². The number of nitrogens with zero attached hydrogens (tertiary/aromatic N) is 1. The molecule has 1 aliphatic rings. The highest BCUT2D eigenvalue weighted by molar-refractivity contribution is 7.92. The standard InChI is InChI=1S/C18H20N2O4S/c1-24-15-9-7-14(8-10-15)19-18(21)20-12-11-17(13-20)25(22,23)16-5-3-2-4-6-16/h2-10,17H,11-13H2,1H3,(H,19,21). The highest BCUT2D eigenvalue weighted by Gasteiger charge is 2.36. The Morgan fingerprint density at radius 1 is 1.12 bits per heavy atom. The number of carbonyl (C=O) groups excluding carboxylic acids is 1. The molecule has 0 bridgehead atoms. The van der Waals surface area contributed by atoms with Gasteiger partial charge in [-0.25, -0.2) is 13.2 Å². The van der Waals surface area contributed by atoms with Gasteiger partial charge in [-0.1, -0.05) is 18.2 Å². The maximum atomic E-state index is 12.7. The number of methoxy groups -OCH3 is 1. The van der Waals surface area contributed by atoms with Crippen LogP contribution in [0.5, 0.6) is 5.75 Å². The summed E-state index contributed by atoms with van der Waals surface area (Å²) in [5, 5.41) is 2.21. The van der Waals surface area contributed by atoms with Crippen LogP contribution in [0.1, 0.15) is 6.42 Å². The molecule has 1 atom stereocenters. The van der Waals surface area contributed by atoms with Crippen molar-refractivity contribution < 1.29 is 17.9 Å². The molecule has 25 heavy (non-hydrogen) atoms. The average Bonchev–Trinajstić information content (AvgIpc) is 3.14. The van der Waals surface area contributed by atoms with Crippen LogP contribution in [0.2, 0.25) is 0 Å². The summed E-state index contributed by atoms with van der Waals surface area (Å²) >= 11 is 0. The molecule has 1 heterocycles. The van der Waals surface area contributed by atoms with Gasteiger partial charge in [-0.15, -0.1) is 0 Å². The molecule has 2 amide bonds. The fraction of sp³-hybridized carbons (Fsp3) is 0.278. The largest absolute Gasteiger partial charge is 0.497 e. The van der Waals surface area contributed by atoms with Crippen molar-refractivity contribution >= 4 is 21.6 Å². The van der Waals surface area contributed by atoms with Crippen LogP contribution in [-0.2, 0) is 9.84 Å². The number of rotatable bonds is 4.